The van der Waals surface area contributed by atoms with Gasteiger partial charge < -0.3 is 0 Å². The molecule has 0 unspecified atom stereocenters. The zero-order chi connectivity index (χ0) is 69.6. The van der Waals surface area contributed by atoms with Gasteiger partial charge in [0.1, 0.15) is 0 Å². The molecule has 0 fully saturated rings. The summed E-state index contributed by atoms with van der Waals surface area (Å²) in [5.74, 6) is 0. The van der Waals surface area contributed by atoms with E-state index in [1.807, 2.05) is 0 Å². The molecule has 0 aliphatic carbocycles. The Balaban J connectivity index is 0.000000111. The summed E-state index contributed by atoms with van der Waals surface area (Å²) in [6.45, 7) is 36.6. The highest BCUT2D eigenvalue weighted by atomic mass is 28.3. The SMILES string of the molecule is C[Si](C)(C)Cc1cc2ccc3cccc4ccc(c1)c2c34.C[Si](C)(C)Cc1cc2cccc3ccc4cccc1c4c32.C[Si](C)(C)Cc1ccc2c(ccc3ccccc32)c1.C[Si](C)(C)Cc1cccc2c1ccc1ccccc12.C[Si](C)(C)Cc1cccc2ccc3ccccc3c12. The lowest BCUT2D eigenvalue weighted by molar-refractivity contribution is 1.32. The minimum atomic E-state index is -1.13. The number of hydrogen-bond donors (Lipinski definition) is 0. The second-order valence-electron chi connectivity index (χ2n) is 34.3. The summed E-state index contributed by atoms with van der Waals surface area (Å²) in [5, 5.41) is 33.4. The summed E-state index contributed by atoms with van der Waals surface area (Å²) in [7, 11) is -5.44. The largest absolute Gasteiger partial charge is 0.0693 e. The predicted molar refractivity (Wildman–Crippen MR) is 460 cm³/mol. The summed E-state index contributed by atoms with van der Waals surface area (Å²) in [4.78, 5) is 0. The maximum absolute atomic E-state index is 2.45. The zero-order valence-corrected chi connectivity index (χ0v) is 66.5. The van der Waals surface area contributed by atoms with E-state index in [1.165, 1.54) is 187 Å². The molecule has 17 rings (SSSR count). The lowest BCUT2D eigenvalue weighted by Gasteiger charge is -2.20. The van der Waals surface area contributed by atoms with Gasteiger partial charge >= 0.3 is 0 Å². The Labute approximate surface area is 594 Å². The van der Waals surface area contributed by atoms with Gasteiger partial charge in [-0.3, -0.25) is 0 Å². The molecule has 0 nitrogen and oxygen atoms in total. The molecule has 0 aliphatic heterocycles. The van der Waals surface area contributed by atoms with Crippen molar-refractivity contribution >= 4 is 170 Å². The molecule has 5 heteroatoms. The van der Waals surface area contributed by atoms with Crippen molar-refractivity contribution in [2.45, 2.75) is 128 Å². The van der Waals surface area contributed by atoms with Gasteiger partial charge in [-0.15, -0.1) is 0 Å². The van der Waals surface area contributed by atoms with Gasteiger partial charge in [0.25, 0.3) is 0 Å². The third-order valence-electron chi connectivity index (χ3n) is 19.3. The number of fused-ring (bicyclic) bond motifs is 9. The third kappa shape index (κ3) is 16.1. The van der Waals surface area contributed by atoms with E-state index >= 15 is 0 Å². The molecular formula is C94H100Si5. The summed E-state index contributed by atoms with van der Waals surface area (Å²) < 4.78 is 0. The minimum Gasteiger partial charge on any atom is -0.0693 e. The number of benzene rings is 17. The van der Waals surface area contributed by atoms with Gasteiger partial charge in [-0.05, 0) is 182 Å². The molecule has 0 aromatic heterocycles. The lowest BCUT2D eigenvalue weighted by Crippen LogP contribution is -2.24. The molecule has 0 N–H and O–H groups in total. The molecule has 0 heterocycles. The van der Waals surface area contributed by atoms with Crippen LogP contribution in [-0.2, 0) is 30.2 Å². The Bertz CT molecular complexity index is 5670. The van der Waals surface area contributed by atoms with Gasteiger partial charge in [0.15, 0.2) is 0 Å². The molecule has 0 spiro atoms. The van der Waals surface area contributed by atoms with E-state index < -0.39 is 40.4 Å². The van der Waals surface area contributed by atoms with Crippen molar-refractivity contribution in [2.75, 3.05) is 0 Å². The topological polar surface area (TPSA) is 0 Å². The molecule has 496 valence electrons. The van der Waals surface area contributed by atoms with Crippen LogP contribution in [0.2, 0.25) is 98.2 Å². The normalized spacial score (nSPS) is 12.4. The van der Waals surface area contributed by atoms with Gasteiger partial charge in [0.2, 0.25) is 0 Å². The van der Waals surface area contributed by atoms with Gasteiger partial charge in [-0.1, -0.05) is 377 Å². The van der Waals surface area contributed by atoms with Crippen LogP contribution in [0.15, 0.2) is 273 Å². The molecule has 0 aliphatic rings. The smallest absolute Gasteiger partial charge is 0.0487 e. The van der Waals surface area contributed by atoms with E-state index in [2.05, 4.69) is 371 Å². The summed E-state index contributed by atoms with van der Waals surface area (Å²) >= 11 is 0. The zero-order valence-electron chi connectivity index (χ0n) is 61.5. The number of rotatable bonds is 10. The molecule has 0 amide bonds. The van der Waals surface area contributed by atoms with E-state index in [0.717, 1.165) is 0 Å². The molecule has 17 aromatic carbocycles. The first-order chi connectivity index (χ1) is 47.2. The van der Waals surface area contributed by atoms with Gasteiger partial charge in [0, 0.05) is 40.4 Å². The van der Waals surface area contributed by atoms with Gasteiger partial charge in [-0.25, -0.2) is 0 Å². The lowest BCUT2D eigenvalue weighted by atomic mass is 9.92. The van der Waals surface area contributed by atoms with Crippen LogP contribution in [0.5, 0.6) is 0 Å². The fourth-order valence-corrected chi connectivity index (χ4v) is 22.8. The fourth-order valence-electron chi connectivity index (χ4n) is 15.6. The first-order valence-electron chi connectivity index (χ1n) is 36.2. The van der Waals surface area contributed by atoms with Crippen LogP contribution in [0.4, 0.5) is 0 Å². The Morgan fingerprint density at radius 1 is 0.162 bits per heavy atom. The van der Waals surface area contributed by atoms with Crippen LogP contribution in [0.25, 0.3) is 129 Å². The second kappa shape index (κ2) is 27.9. The molecule has 0 radical (unpaired) electrons. The average molecular weight is 1370 g/mol. The Kier molecular flexibility index (Phi) is 19.4. The van der Waals surface area contributed by atoms with Gasteiger partial charge in [0.05, 0.1) is 0 Å². The highest BCUT2D eigenvalue weighted by Crippen LogP contribution is 2.40. The molecule has 0 atom stereocenters. The maximum atomic E-state index is 2.45. The first-order valence-corrected chi connectivity index (χ1v) is 54.7. The minimum absolute atomic E-state index is 1.04. The van der Waals surface area contributed by atoms with Crippen molar-refractivity contribution in [2.24, 2.45) is 0 Å². The van der Waals surface area contributed by atoms with E-state index in [9.17, 15) is 0 Å². The highest BCUT2D eigenvalue weighted by Gasteiger charge is 2.22. The van der Waals surface area contributed by atoms with E-state index in [1.54, 1.807) is 0 Å². The Morgan fingerprint density at radius 3 is 1.03 bits per heavy atom. The fraction of sp³-hybridized carbons (Fsp3) is 0.213. The molecule has 99 heavy (non-hydrogen) atoms. The first kappa shape index (κ1) is 69.0. The average Bonchev–Trinajstić information content (AvgIpc) is 0.749. The van der Waals surface area contributed by atoms with Crippen LogP contribution in [0, 0.1) is 0 Å². The Hall–Kier alpha value is -8.54. The van der Waals surface area contributed by atoms with Crippen LogP contribution >= 0.6 is 0 Å². The van der Waals surface area contributed by atoms with E-state index in [4.69, 9.17) is 0 Å². The summed E-state index contributed by atoms with van der Waals surface area (Å²) in [6, 6.07) is 107. The Morgan fingerprint density at radius 2 is 0.465 bits per heavy atom. The second-order valence-corrected chi connectivity index (χ2v) is 61.7. The van der Waals surface area contributed by atoms with Crippen molar-refractivity contribution in [3.05, 3.63) is 301 Å². The van der Waals surface area contributed by atoms with E-state index in [0.29, 0.717) is 0 Å². The molecule has 17 aromatic rings. The molecule has 0 saturated carbocycles. The van der Waals surface area contributed by atoms with E-state index in [-0.39, 0.29) is 0 Å². The van der Waals surface area contributed by atoms with Crippen molar-refractivity contribution in [1.82, 2.24) is 0 Å². The predicted octanol–water partition coefficient (Wildman–Crippen LogP) is 28.2. The van der Waals surface area contributed by atoms with Crippen molar-refractivity contribution < 1.29 is 0 Å². The quantitative estimate of drug-likeness (QED) is 0.0946. The van der Waals surface area contributed by atoms with Crippen LogP contribution in [0.3, 0.4) is 0 Å². The highest BCUT2D eigenvalue weighted by molar-refractivity contribution is 6.77. The third-order valence-corrected chi connectivity index (χ3v) is 26.6. The van der Waals surface area contributed by atoms with Crippen LogP contribution < -0.4 is 0 Å². The van der Waals surface area contributed by atoms with Crippen molar-refractivity contribution in [1.29, 1.82) is 0 Å². The monoisotopic (exact) mass is 1370 g/mol. The van der Waals surface area contributed by atoms with Crippen LogP contribution in [0.1, 0.15) is 27.8 Å². The summed E-state index contributed by atoms with van der Waals surface area (Å²) in [6.07, 6.45) is 0. The molecular weight excluding hydrogens is 1270 g/mol. The molecule has 0 bridgehead atoms. The standard InChI is InChI=1S/2C20H20Si.3C18H20Si/c1-21(2,3)13-17-12-16-8-4-6-14-10-11-15-7-5-9-18(17)20(15)19(14)16;1-21(2,3)13-14-11-17-9-7-15-5-4-6-16-8-10-18(12-14)20(17)19(15)16;1-19(2,3)13-16-9-6-8-15-12-11-14-7-4-5-10-17(14)18(15)16;1-19(2,3)13-15-8-6-10-18-16-9-5-4-7-14(16)11-12-17(15)18;1-19(2,3)13-14-8-11-18-16(12-14)10-9-15-6-4-5-7-17(15)18/h2*4-12H,13H2,1-3H3;3*4-12H,13H2,1-3H3. The van der Waals surface area contributed by atoms with Crippen molar-refractivity contribution in [3.63, 3.8) is 0 Å². The molecule has 0 saturated heterocycles. The van der Waals surface area contributed by atoms with Gasteiger partial charge in [-0.2, -0.15) is 0 Å². The van der Waals surface area contributed by atoms with Crippen molar-refractivity contribution in [3.8, 4) is 0 Å². The van der Waals surface area contributed by atoms with Crippen LogP contribution in [-0.4, -0.2) is 40.4 Å². The summed E-state index contributed by atoms with van der Waals surface area (Å²) in [5.41, 5.74) is 7.56. The maximum Gasteiger partial charge on any atom is 0.0487 e. The number of hydrogen-bond acceptors (Lipinski definition) is 0.